The van der Waals surface area contributed by atoms with Crippen molar-refractivity contribution in [3.05, 3.63) is 69.7 Å². The number of hydrogen-bond acceptors (Lipinski definition) is 1. The zero-order valence-electron chi connectivity index (χ0n) is 10.6. The highest BCUT2D eigenvalue weighted by Gasteiger charge is 2.17. The highest BCUT2D eigenvalue weighted by Crippen LogP contribution is 2.24. The predicted molar refractivity (Wildman–Crippen MR) is 80.0 cm³/mol. The first-order chi connectivity index (χ1) is 9.06. The third-order valence-corrected chi connectivity index (χ3v) is 3.62. The van der Waals surface area contributed by atoms with Gasteiger partial charge in [0.1, 0.15) is 5.78 Å². The van der Waals surface area contributed by atoms with Crippen molar-refractivity contribution in [1.82, 2.24) is 0 Å². The van der Waals surface area contributed by atoms with E-state index >= 15 is 0 Å². The first kappa shape index (κ1) is 14.1. The van der Waals surface area contributed by atoms with E-state index in [4.69, 9.17) is 23.2 Å². The standard InChI is InChI=1S/C16H14Cl2O/c1-11(19)16(13-4-8-15(18)9-5-13)10-12-2-6-14(17)7-3-12/h2-9,16H,10H2,1H3/t16-/m0/s1. The van der Waals surface area contributed by atoms with Gasteiger partial charge in [0.05, 0.1) is 0 Å². The fourth-order valence-electron chi connectivity index (χ4n) is 2.05. The monoisotopic (exact) mass is 292 g/mol. The van der Waals surface area contributed by atoms with Gasteiger partial charge in [0.25, 0.3) is 0 Å². The van der Waals surface area contributed by atoms with Gasteiger partial charge in [0.15, 0.2) is 0 Å². The molecule has 98 valence electrons. The molecule has 0 bridgehead atoms. The van der Waals surface area contributed by atoms with E-state index in [-0.39, 0.29) is 11.7 Å². The van der Waals surface area contributed by atoms with Gasteiger partial charge in [0, 0.05) is 16.0 Å². The van der Waals surface area contributed by atoms with E-state index in [1.54, 1.807) is 6.92 Å². The summed E-state index contributed by atoms with van der Waals surface area (Å²) in [7, 11) is 0. The Morgan fingerprint density at radius 3 is 1.89 bits per heavy atom. The molecule has 0 unspecified atom stereocenters. The highest BCUT2D eigenvalue weighted by atomic mass is 35.5. The van der Waals surface area contributed by atoms with Crippen molar-refractivity contribution in [2.75, 3.05) is 0 Å². The van der Waals surface area contributed by atoms with E-state index in [0.29, 0.717) is 16.5 Å². The Hall–Kier alpha value is -1.31. The Kier molecular flexibility index (Phi) is 4.62. The van der Waals surface area contributed by atoms with Crippen molar-refractivity contribution < 1.29 is 4.79 Å². The Morgan fingerprint density at radius 2 is 1.42 bits per heavy atom. The lowest BCUT2D eigenvalue weighted by Gasteiger charge is -2.14. The number of benzene rings is 2. The van der Waals surface area contributed by atoms with Crippen molar-refractivity contribution >= 4 is 29.0 Å². The van der Waals surface area contributed by atoms with Crippen LogP contribution in [0.2, 0.25) is 10.0 Å². The van der Waals surface area contributed by atoms with Crippen LogP contribution in [0, 0.1) is 0 Å². The molecule has 0 heterocycles. The zero-order chi connectivity index (χ0) is 13.8. The van der Waals surface area contributed by atoms with Crippen molar-refractivity contribution in [2.45, 2.75) is 19.3 Å². The van der Waals surface area contributed by atoms with Gasteiger partial charge in [0.2, 0.25) is 0 Å². The summed E-state index contributed by atoms with van der Waals surface area (Å²) in [4.78, 5) is 11.8. The largest absolute Gasteiger partial charge is 0.299 e. The minimum absolute atomic E-state index is 0.140. The predicted octanol–water partition coefficient (Wildman–Crippen LogP) is 4.91. The summed E-state index contributed by atoms with van der Waals surface area (Å²) in [6.45, 7) is 1.62. The number of ketones is 1. The molecule has 0 fully saturated rings. The van der Waals surface area contributed by atoms with Crippen molar-refractivity contribution in [1.29, 1.82) is 0 Å². The molecule has 1 atom stereocenters. The summed E-state index contributed by atoms with van der Waals surface area (Å²) in [6, 6.07) is 15.0. The number of halogens is 2. The first-order valence-electron chi connectivity index (χ1n) is 6.06. The molecule has 0 spiro atoms. The second-order valence-corrected chi connectivity index (χ2v) is 5.42. The number of carbonyl (C=O) groups is 1. The summed E-state index contributed by atoms with van der Waals surface area (Å²) in [5, 5.41) is 1.38. The number of carbonyl (C=O) groups excluding carboxylic acids is 1. The zero-order valence-corrected chi connectivity index (χ0v) is 12.1. The van der Waals surface area contributed by atoms with Gasteiger partial charge >= 0.3 is 0 Å². The fourth-order valence-corrected chi connectivity index (χ4v) is 2.30. The quantitative estimate of drug-likeness (QED) is 0.783. The molecule has 0 saturated heterocycles. The summed E-state index contributed by atoms with van der Waals surface area (Å²) in [6.07, 6.45) is 0.675. The lowest BCUT2D eigenvalue weighted by Crippen LogP contribution is -2.11. The van der Waals surface area contributed by atoms with E-state index in [1.807, 2.05) is 48.5 Å². The summed E-state index contributed by atoms with van der Waals surface area (Å²) in [5.74, 6) is 0.00992. The third kappa shape index (κ3) is 3.82. The van der Waals surface area contributed by atoms with Crippen LogP contribution in [-0.4, -0.2) is 5.78 Å². The van der Waals surface area contributed by atoms with Gasteiger partial charge in [-0.15, -0.1) is 0 Å². The topological polar surface area (TPSA) is 17.1 Å². The number of Topliss-reactive ketones (excluding diaryl/α,β-unsaturated/α-hetero) is 1. The van der Waals surface area contributed by atoms with Gasteiger partial charge in [-0.3, -0.25) is 4.79 Å². The Morgan fingerprint density at radius 1 is 0.947 bits per heavy atom. The molecule has 0 aromatic heterocycles. The fraction of sp³-hybridized carbons (Fsp3) is 0.188. The van der Waals surface area contributed by atoms with Crippen molar-refractivity contribution in [3.63, 3.8) is 0 Å². The average molecular weight is 293 g/mol. The average Bonchev–Trinajstić information content (AvgIpc) is 2.39. The summed E-state index contributed by atoms with van der Waals surface area (Å²) in [5.41, 5.74) is 2.09. The minimum Gasteiger partial charge on any atom is -0.299 e. The Labute approximate surface area is 123 Å². The molecule has 0 N–H and O–H groups in total. The Balaban J connectivity index is 2.23. The van der Waals surface area contributed by atoms with Gasteiger partial charge in [-0.25, -0.2) is 0 Å². The lowest BCUT2D eigenvalue weighted by atomic mass is 9.89. The normalized spacial score (nSPS) is 12.2. The number of hydrogen-bond donors (Lipinski definition) is 0. The molecule has 0 amide bonds. The SMILES string of the molecule is CC(=O)[C@H](Cc1ccc(Cl)cc1)c1ccc(Cl)cc1. The number of rotatable bonds is 4. The first-order valence-corrected chi connectivity index (χ1v) is 6.82. The van der Waals surface area contributed by atoms with E-state index < -0.39 is 0 Å². The lowest BCUT2D eigenvalue weighted by molar-refractivity contribution is -0.118. The summed E-state index contributed by atoms with van der Waals surface area (Å²) >= 11 is 11.7. The van der Waals surface area contributed by atoms with Gasteiger partial charge in [-0.2, -0.15) is 0 Å². The maximum absolute atomic E-state index is 11.8. The maximum atomic E-state index is 11.8. The molecular weight excluding hydrogens is 279 g/mol. The molecule has 0 radical (unpaired) electrons. The van der Waals surface area contributed by atoms with Crippen LogP contribution in [0.1, 0.15) is 24.0 Å². The molecule has 0 saturated carbocycles. The highest BCUT2D eigenvalue weighted by molar-refractivity contribution is 6.30. The second-order valence-electron chi connectivity index (χ2n) is 4.55. The molecule has 2 aromatic carbocycles. The van der Waals surface area contributed by atoms with Gasteiger partial charge < -0.3 is 0 Å². The smallest absolute Gasteiger partial charge is 0.137 e. The van der Waals surface area contributed by atoms with Crippen molar-refractivity contribution in [2.24, 2.45) is 0 Å². The van der Waals surface area contributed by atoms with E-state index in [2.05, 4.69) is 0 Å². The second kappa shape index (κ2) is 6.23. The van der Waals surface area contributed by atoms with E-state index in [1.165, 1.54) is 0 Å². The molecule has 3 heteroatoms. The molecule has 0 aliphatic heterocycles. The molecule has 1 nitrogen and oxygen atoms in total. The van der Waals surface area contributed by atoms with Crippen LogP contribution >= 0.6 is 23.2 Å². The van der Waals surface area contributed by atoms with Crippen LogP contribution in [0.3, 0.4) is 0 Å². The molecule has 19 heavy (non-hydrogen) atoms. The van der Waals surface area contributed by atoms with E-state index in [9.17, 15) is 4.79 Å². The van der Waals surface area contributed by atoms with E-state index in [0.717, 1.165) is 11.1 Å². The van der Waals surface area contributed by atoms with Crippen LogP contribution in [0.25, 0.3) is 0 Å². The van der Waals surface area contributed by atoms with Crippen LogP contribution in [0.15, 0.2) is 48.5 Å². The van der Waals surface area contributed by atoms with Crippen LogP contribution < -0.4 is 0 Å². The molecule has 0 aliphatic carbocycles. The van der Waals surface area contributed by atoms with Gasteiger partial charge in [-0.05, 0) is 48.7 Å². The van der Waals surface area contributed by atoms with Gasteiger partial charge in [-0.1, -0.05) is 47.5 Å². The van der Waals surface area contributed by atoms with Crippen molar-refractivity contribution in [3.8, 4) is 0 Å². The third-order valence-electron chi connectivity index (χ3n) is 3.12. The summed E-state index contributed by atoms with van der Waals surface area (Å²) < 4.78 is 0. The van der Waals surface area contributed by atoms with Crippen LogP contribution in [-0.2, 0) is 11.2 Å². The molecule has 0 aliphatic rings. The molecule has 2 rings (SSSR count). The minimum atomic E-state index is -0.140. The molecule has 2 aromatic rings. The van der Waals surface area contributed by atoms with Crippen LogP contribution in [0.5, 0.6) is 0 Å². The maximum Gasteiger partial charge on any atom is 0.137 e. The Bertz CT molecular complexity index is 558. The van der Waals surface area contributed by atoms with Crippen LogP contribution in [0.4, 0.5) is 0 Å². The molecular formula is C16H14Cl2O.